The third-order valence-electron chi connectivity index (χ3n) is 4.11. The van der Waals surface area contributed by atoms with Crippen molar-refractivity contribution in [3.63, 3.8) is 0 Å². The van der Waals surface area contributed by atoms with E-state index in [9.17, 15) is 0 Å². The van der Waals surface area contributed by atoms with Gasteiger partial charge in [0.05, 0.1) is 12.2 Å². The van der Waals surface area contributed by atoms with Gasteiger partial charge in [0.15, 0.2) is 0 Å². The van der Waals surface area contributed by atoms with Crippen LogP contribution in [-0.4, -0.2) is 28.0 Å². The Morgan fingerprint density at radius 3 is 2.76 bits per heavy atom. The van der Waals surface area contributed by atoms with Crippen molar-refractivity contribution in [1.82, 2.24) is 9.78 Å². The van der Waals surface area contributed by atoms with E-state index >= 15 is 0 Å². The predicted octanol–water partition coefficient (Wildman–Crippen LogP) is 2.83. The number of nitrogens with zero attached hydrogens (tertiary/aromatic N) is 2. The van der Waals surface area contributed by atoms with Crippen LogP contribution in [0.2, 0.25) is 0 Å². The lowest BCUT2D eigenvalue weighted by molar-refractivity contribution is 0.288. The number of hydrogen-bond donors (Lipinski definition) is 2. The molecule has 3 rings (SSSR count). The minimum Gasteiger partial charge on any atom is -0.396 e. The minimum atomic E-state index is 0.227. The van der Waals surface area contributed by atoms with Gasteiger partial charge in [-0.2, -0.15) is 5.10 Å². The Labute approximate surface area is 125 Å². The molecule has 21 heavy (non-hydrogen) atoms. The smallest absolute Gasteiger partial charge is 0.128 e. The molecule has 2 heterocycles. The van der Waals surface area contributed by atoms with Crippen molar-refractivity contribution in [3.05, 3.63) is 46.6 Å². The Bertz CT molecular complexity index is 613. The van der Waals surface area contributed by atoms with E-state index < -0.39 is 0 Å². The fourth-order valence-corrected chi connectivity index (χ4v) is 3.24. The summed E-state index contributed by atoms with van der Waals surface area (Å²) in [6.45, 7) is 5.49. The molecule has 1 aromatic carbocycles. The highest BCUT2D eigenvalue weighted by Gasteiger charge is 2.24. The lowest BCUT2D eigenvalue weighted by atomic mass is 9.98. The van der Waals surface area contributed by atoms with E-state index in [1.807, 2.05) is 6.20 Å². The van der Waals surface area contributed by atoms with Crippen LogP contribution < -0.4 is 5.32 Å². The summed E-state index contributed by atoms with van der Waals surface area (Å²) in [7, 11) is 0. The van der Waals surface area contributed by atoms with Crippen LogP contribution in [-0.2, 0) is 6.42 Å². The van der Waals surface area contributed by atoms with E-state index in [-0.39, 0.29) is 6.61 Å². The fraction of sp³-hybridized carbons (Fsp3) is 0.471. The van der Waals surface area contributed by atoms with Gasteiger partial charge in [-0.25, -0.2) is 4.68 Å². The number of anilines is 1. The zero-order valence-corrected chi connectivity index (χ0v) is 12.8. The molecule has 4 heteroatoms. The fourth-order valence-electron chi connectivity index (χ4n) is 3.24. The predicted molar refractivity (Wildman–Crippen MR) is 84.8 cm³/mol. The number of aliphatic hydroxyl groups excluding tert-OH is 1. The lowest BCUT2D eigenvalue weighted by Crippen LogP contribution is -2.25. The molecule has 2 N–H and O–H groups in total. The molecule has 4 nitrogen and oxygen atoms in total. The van der Waals surface area contributed by atoms with Crippen molar-refractivity contribution in [1.29, 1.82) is 0 Å². The summed E-state index contributed by atoms with van der Waals surface area (Å²) in [6, 6.07) is 7.05. The Balaban J connectivity index is 1.95. The second-order valence-corrected chi connectivity index (χ2v) is 5.94. The van der Waals surface area contributed by atoms with Crippen LogP contribution >= 0.6 is 0 Å². The number of aryl methyl sites for hydroxylation is 3. The molecule has 2 aromatic rings. The van der Waals surface area contributed by atoms with Gasteiger partial charge in [-0.3, -0.25) is 0 Å². The highest BCUT2D eigenvalue weighted by Crippen LogP contribution is 2.32. The summed E-state index contributed by atoms with van der Waals surface area (Å²) >= 11 is 0. The van der Waals surface area contributed by atoms with Crippen molar-refractivity contribution in [2.45, 2.75) is 39.2 Å². The molecule has 0 saturated heterocycles. The molecule has 0 fully saturated rings. The molecule has 1 aliphatic heterocycles. The van der Waals surface area contributed by atoms with Gasteiger partial charge >= 0.3 is 0 Å². The topological polar surface area (TPSA) is 50.1 Å². The minimum absolute atomic E-state index is 0.227. The van der Waals surface area contributed by atoms with Crippen LogP contribution in [0, 0.1) is 13.8 Å². The molecule has 1 atom stereocenters. The summed E-state index contributed by atoms with van der Waals surface area (Å²) in [4.78, 5) is 0. The lowest BCUT2D eigenvalue weighted by Gasteiger charge is -2.27. The average molecular weight is 285 g/mol. The monoisotopic (exact) mass is 285 g/mol. The number of aromatic nitrogens is 2. The highest BCUT2D eigenvalue weighted by molar-refractivity contribution is 5.47. The number of hydrogen-bond acceptors (Lipinski definition) is 3. The molecule has 112 valence electrons. The third-order valence-corrected chi connectivity index (χ3v) is 4.11. The van der Waals surface area contributed by atoms with E-state index in [0.717, 1.165) is 31.6 Å². The van der Waals surface area contributed by atoms with Crippen LogP contribution in [0.25, 0.3) is 0 Å². The zero-order valence-electron chi connectivity index (χ0n) is 12.8. The summed E-state index contributed by atoms with van der Waals surface area (Å²) in [5.41, 5.74) is 5.15. The molecule has 0 saturated carbocycles. The summed E-state index contributed by atoms with van der Waals surface area (Å²) in [5.74, 6) is 1.12. The van der Waals surface area contributed by atoms with Gasteiger partial charge in [0.25, 0.3) is 0 Å². The van der Waals surface area contributed by atoms with Gasteiger partial charge in [0, 0.05) is 18.7 Å². The summed E-state index contributed by atoms with van der Waals surface area (Å²) in [6.07, 6.45) is 4.66. The van der Waals surface area contributed by atoms with E-state index in [1.165, 1.54) is 22.3 Å². The second-order valence-electron chi connectivity index (χ2n) is 5.94. The van der Waals surface area contributed by atoms with Gasteiger partial charge in [-0.15, -0.1) is 0 Å². The number of rotatable bonds is 4. The normalized spacial score (nSPS) is 17.4. The van der Waals surface area contributed by atoms with Crippen LogP contribution in [0.1, 0.15) is 41.1 Å². The Hall–Kier alpha value is -1.81. The van der Waals surface area contributed by atoms with Gasteiger partial charge < -0.3 is 10.4 Å². The van der Waals surface area contributed by atoms with Crippen molar-refractivity contribution < 1.29 is 5.11 Å². The molecule has 1 aromatic heterocycles. The zero-order chi connectivity index (χ0) is 14.8. The van der Waals surface area contributed by atoms with Crippen LogP contribution in [0.3, 0.4) is 0 Å². The number of aliphatic hydroxyl groups is 1. The van der Waals surface area contributed by atoms with Crippen molar-refractivity contribution in [2.24, 2.45) is 0 Å². The standard InChI is InChI=1S/C17H23N3O/c1-12-8-13(2)10-15(9-12)16-5-6-18-17-14(4-3-7-21)11-19-20(16)17/h8-11,16,18,21H,3-7H2,1-2H3. The first-order valence-electron chi connectivity index (χ1n) is 7.68. The molecule has 0 bridgehead atoms. The summed E-state index contributed by atoms with van der Waals surface area (Å²) in [5, 5.41) is 17.1. The van der Waals surface area contributed by atoms with Crippen molar-refractivity contribution in [3.8, 4) is 0 Å². The van der Waals surface area contributed by atoms with E-state index in [4.69, 9.17) is 5.11 Å². The molecular weight excluding hydrogens is 262 g/mol. The highest BCUT2D eigenvalue weighted by atomic mass is 16.2. The Kier molecular flexibility index (Phi) is 3.97. The quantitative estimate of drug-likeness (QED) is 0.908. The molecule has 1 aliphatic rings. The third kappa shape index (κ3) is 2.81. The van der Waals surface area contributed by atoms with Crippen LogP contribution in [0.4, 0.5) is 5.82 Å². The molecular formula is C17H23N3O. The molecule has 0 aliphatic carbocycles. The van der Waals surface area contributed by atoms with Gasteiger partial charge in [0.2, 0.25) is 0 Å². The maximum Gasteiger partial charge on any atom is 0.128 e. The Morgan fingerprint density at radius 2 is 2.05 bits per heavy atom. The Morgan fingerprint density at radius 1 is 1.29 bits per heavy atom. The van der Waals surface area contributed by atoms with Crippen LogP contribution in [0.5, 0.6) is 0 Å². The van der Waals surface area contributed by atoms with Gasteiger partial charge in [-0.1, -0.05) is 29.3 Å². The first-order valence-corrected chi connectivity index (χ1v) is 7.68. The molecule has 0 amide bonds. The van der Waals surface area contributed by atoms with Crippen molar-refractivity contribution in [2.75, 3.05) is 18.5 Å². The van der Waals surface area contributed by atoms with E-state index in [2.05, 4.69) is 47.1 Å². The second kappa shape index (κ2) is 5.90. The molecule has 0 radical (unpaired) electrons. The van der Waals surface area contributed by atoms with Crippen molar-refractivity contribution >= 4 is 5.82 Å². The number of fused-ring (bicyclic) bond motifs is 1. The first kappa shape index (κ1) is 14.1. The van der Waals surface area contributed by atoms with E-state index in [1.54, 1.807) is 0 Å². The largest absolute Gasteiger partial charge is 0.396 e. The summed E-state index contributed by atoms with van der Waals surface area (Å²) < 4.78 is 2.12. The van der Waals surface area contributed by atoms with Gasteiger partial charge in [0.1, 0.15) is 5.82 Å². The average Bonchev–Trinajstić information content (AvgIpc) is 2.87. The van der Waals surface area contributed by atoms with Crippen LogP contribution in [0.15, 0.2) is 24.4 Å². The first-order chi connectivity index (χ1) is 10.2. The maximum absolute atomic E-state index is 9.01. The molecule has 0 spiro atoms. The van der Waals surface area contributed by atoms with E-state index in [0.29, 0.717) is 6.04 Å². The van der Waals surface area contributed by atoms with Gasteiger partial charge in [-0.05, 0) is 38.7 Å². The molecule has 1 unspecified atom stereocenters. The number of benzene rings is 1. The maximum atomic E-state index is 9.01. The number of nitrogens with one attached hydrogen (secondary N) is 1. The SMILES string of the molecule is Cc1cc(C)cc(C2CCNc3c(CCCO)cnn32)c1.